The van der Waals surface area contributed by atoms with Gasteiger partial charge < -0.3 is 14.2 Å². The number of carbonyl (C=O) groups excluding carboxylic acids is 3. The first-order chi connectivity index (χ1) is 11.7. The average Bonchev–Trinajstić information content (AvgIpc) is 2.81. The fourth-order valence-corrected chi connectivity index (χ4v) is 4.89. The van der Waals surface area contributed by atoms with Crippen LogP contribution in [0.3, 0.4) is 0 Å². The second-order valence-corrected chi connectivity index (χ2v) is 7.77. The lowest BCUT2D eigenvalue weighted by atomic mass is 9.54. The Balaban J connectivity index is 1.95. The highest BCUT2D eigenvalue weighted by Gasteiger charge is 2.59. The molecule has 0 aromatic carbocycles. The molecule has 0 spiro atoms. The Morgan fingerprint density at radius 3 is 2.68 bits per heavy atom. The molecule has 3 aliphatic rings. The van der Waals surface area contributed by atoms with Gasteiger partial charge in [-0.15, -0.1) is 0 Å². The SMILES string of the molecule is CC(=O)OCC1=CC[C@@H](OC(C)=O)[C@]2(C)CC[C@@H]3[C@H](OC(=O)[C@H]3C)[C@@H]12. The van der Waals surface area contributed by atoms with Crippen molar-refractivity contribution in [1.29, 1.82) is 0 Å². The van der Waals surface area contributed by atoms with Crippen molar-refractivity contribution in [3.05, 3.63) is 11.6 Å². The van der Waals surface area contributed by atoms with Crippen molar-refractivity contribution in [3.63, 3.8) is 0 Å². The van der Waals surface area contributed by atoms with E-state index in [0.717, 1.165) is 18.4 Å². The zero-order valence-electron chi connectivity index (χ0n) is 15.2. The molecule has 6 heteroatoms. The Hall–Kier alpha value is -1.85. The van der Waals surface area contributed by atoms with Crippen molar-refractivity contribution >= 4 is 17.9 Å². The molecule has 0 unspecified atom stereocenters. The predicted octanol–water partition coefficient (Wildman–Crippen LogP) is 2.41. The fraction of sp³-hybridized carbons (Fsp3) is 0.737. The molecule has 6 atom stereocenters. The highest BCUT2D eigenvalue weighted by Crippen LogP contribution is 2.57. The highest BCUT2D eigenvalue weighted by molar-refractivity contribution is 5.75. The molecule has 0 aromatic heterocycles. The summed E-state index contributed by atoms with van der Waals surface area (Å²) in [5, 5.41) is 0. The van der Waals surface area contributed by atoms with Crippen molar-refractivity contribution in [1.82, 2.24) is 0 Å². The second kappa shape index (κ2) is 6.46. The zero-order chi connectivity index (χ0) is 18.4. The molecule has 1 aliphatic heterocycles. The first-order valence-electron chi connectivity index (χ1n) is 8.94. The van der Waals surface area contributed by atoms with E-state index in [9.17, 15) is 14.4 Å². The molecule has 1 heterocycles. The lowest BCUT2D eigenvalue weighted by molar-refractivity contribution is -0.168. The number of carbonyl (C=O) groups is 3. The zero-order valence-corrected chi connectivity index (χ0v) is 15.2. The van der Waals surface area contributed by atoms with E-state index in [0.29, 0.717) is 6.42 Å². The maximum absolute atomic E-state index is 12.1. The molecule has 0 N–H and O–H groups in total. The minimum absolute atomic E-state index is 0.0994. The van der Waals surface area contributed by atoms with Crippen LogP contribution in [-0.4, -0.2) is 36.7 Å². The van der Waals surface area contributed by atoms with Gasteiger partial charge in [-0.25, -0.2) is 0 Å². The van der Waals surface area contributed by atoms with Gasteiger partial charge in [-0.2, -0.15) is 0 Å². The molecular weight excluding hydrogens is 324 g/mol. The minimum atomic E-state index is -0.339. The number of esters is 3. The van der Waals surface area contributed by atoms with E-state index in [1.165, 1.54) is 13.8 Å². The van der Waals surface area contributed by atoms with Crippen LogP contribution in [0.2, 0.25) is 0 Å². The Labute approximate surface area is 147 Å². The van der Waals surface area contributed by atoms with Crippen LogP contribution in [-0.2, 0) is 28.6 Å². The van der Waals surface area contributed by atoms with E-state index < -0.39 is 0 Å². The van der Waals surface area contributed by atoms with E-state index in [1.54, 1.807) is 0 Å². The first-order valence-corrected chi connectivity index (χ1v) is 8.94. The Kier molecular flexibility index (Phi) is 4.64. The summed E-state index contributed by atoms with van der Waals surface area (Å²) >= 11 is 0. The van der Waals surface area contributed by atoms with Crippen LogP contribution in [0.25, 0.3) is 0 Å². The van der Waals surface area contributed by atoms with Crippen molar-refractivity contribution in [2.75, 3.05) is 6.61 Å². The smallest absolute Gasteiger partial charge is 0.309 e. The van der Waals surface area contributed by atoms with E-state index >= 15 is 0 Å². The molecule has 2 fully saturated rings. The Morgan fingerprint density at radius 2 is 2.04 bits per heavy atom. The van der Waals surface area contributed by atoms with E-state index in [-0.39, 0.29) is 59.9 Å². The lowest BCUT2D eigenvalue weighted by Gasteiger charge is -2.52. The summed E-state index contributed by atoms with van der Waals surface area (Å²) in [6, 6.07) is 0. The number of rotatable bonds is 3. The molecule has 3 rings (SSSR count). The van der Waals surface area contributed by atoms with Crippen LogP contribution in [0.1, 0.15) is 47.0 Å². The van der Waals surface area contributed by atoms with Gasteiger partial charge in [-0.05, 0) is 18.4 Å². The maximum atomic E-state index is 12.1. The summed E-state index contributed by atoms with van der Waals surface area (Å²) in [6.07, 6.45) is 3.78. The number of fused-ring (bicyclic) bond motifs is 3. The molecule has 1 saturated heterocycles. The Morgan fingerprint density at radius 1 is 1.32 bits per heavy atom. The third-order valence-corrected chi connectivity index (χ3v) is 6.22. The molecule has 0 amide bonds. The normalized spacial score (nSPS) is 39.6. The molecule has 0 aromatic rings. The van der Waals surface area contributed by atoms with Gasteiger partial charge in [0.1, 0.15) is 18.8 Å². The van der Waals surface area contributed by atoms with Gasteiger partial charge in [-0.3, -0.25) is 14.4 Å². The summed E-state index contributed by atoms with van der Waals surface area (Å²) in [6.45, 7) is 7.00. The van der Waals surface area contributed by atoms with Crippen molar-refractivity contribution in [3.8, 4) is 0 Å². The largest absolute Gasteiger partial charge is 0.462 e. The van der Waals surface area contributed by atoms with E-state index in [1.807, 2.05) is 13.0 Å². The maximum Gasteiger partial charge on any atom is 0.309 e. The van der Waals surface area contributed by atoms with Crippen LogP contribution < -0.4 is 0 Å². The van der Waals surface area contributed by atoms with Crippen LogP contribution in [0.4, 0.5) is 0 Å². The third kappa shape index (κ3) is 3.07. The molecule has 1 saturated carbocycles. The number of hydrogen-bond donors (Lipinski definition) is 0. The summed E-state index contributed by atoms with van der Waals surface area (Å²) in [4.78, 5) is 35.0. The van der Waals surface area contributed by atoms with Crippen molar-refractivity contribution < 1.29 is 28.6 Å². The molecule has 0 radical (unpaired) electrons. The van der Waals surface area contributed by atoms with Gasteiger partial charge in [0.25, 0.3) is 0 Å². The average molecular weight is 350 g/mol. The van der Waals surface area contributed by atoms with Crippen LogP contribution in [0, 0.1) is 23.2 Å². The second-order valence-electron chi connectivity index (χ2n) is 7.77. The third-order valence-electron chi connectivity index (χ3n) is 6.22. The quantitative estimate of drug-likeness (QED) is 0.442. The van der Waals surface area contributed by atoms with Gasteiger partial charge in [0.05, 0.1) is 5.92 Å². The highest BCUT2D eigenvalue weighted by atomic mass is 16.6. The first kappa shape index (κ1) is 18.0. The van der Waals surface area contributed by atoms with E-state index in [4.69, 9.17) is 14.2 Å². The Bertz CT molecular complexity index is 623. The van der Waals surface area contributed by atoms with Crippen LogP contribution in [0.5, 0.6) is 0 Å². The summed E-state index contributed by atoms with van der Waals surface area (Å²) < 4.78 is 16.6. The molecule has 0 bridgehead atoms. The van der Waals surface area contributed by atoms with Gasteiger partial charge >= 0.3 is 17.9 Å². The molecular formula is C19H26O6. The van der Waals surface area contributed by atoms with Gasteiger partial charge in [0, 0.05) is 37.5 Å². The molecule has 25 heavy (non-hydrogen) atoms. The number of ether oxygens (including phenoxy) is 3. The summed E-state index contributed by atoms with van der Waals surface area (Å²) in [7, 11) is 0. The molecule has 138 valence electrons. The van der Waals surface area contributed by atoms with Crippen molar-refractivity contribution in [2.45, 2.75) is 59.2 Å². The minimum Gasteiger partial charge on any atom is -0.462 e. The van der Waals surface area contributed by atoms with Gasteiger partial charge in [-0.1, -0.05) is 19.9 Å². The molecule has 6 nitrogen and oxygen atoms in total. The number of hydrogen-bond acceptors (Lipinski definition) is 6. The van der Waals surface area contributed by atoms with Crippen LogP contribution >= 0.6 is 0 Å². The van der Waals surface area contributed by atoms with Gasteiger partial charge in [0.15, 0.2) is 0 Å². The monoisotopic (exact) mass is 350 g/mol. The topological polar surface area (TPSA) is 78.9 Å². The predicted molar refractivity (Wildman–Crippen MR) is 88.3 cm³/mol. The lowest BCUT2D eigenvalue weighted by Crippen LogP contribution is -2.54. The van der Waals surface area contributed by atoms with Crippen molar-refractivity contribution in [2.24, 2.45) is 23.2 Å². The van der Waals surface area contributed by atoms with Gasteiger partial charge in [0.2, 0.25) is 0 Å². The standard InChI is InChI=1S/C19H26O6/c1-10-14-7-8-19(4)15(24-12(3)21)6-5-13(9-23-11(2)20)16(19)17(14)25-18(10)22/h5,10,14-17H,6-9H2,1-4H3/t10-,14-,15+,16+,17-,19-/m0/s1. The molecule has 2 aliphatic carbocycles. The van der Waals surface area contributed by atoms with Crippen LogP contribution in [0.15, 0.2) is 11.6 Å². The fourth-order valence-electron chi connectivity index (χ4n) is 4.89. The summed E-state index contributed by atoms with van der Waals surface area (Å²) in [5.74, 6) is -0.881. The summed E-state index contributed by atoms with van der Waals surface area (Å²) in [5.41, 5.74) is 0.638. The van der Waals surface area contributed by atoms with E-state index in [2.05, 4.69) is 6.92 Å².